The van der Waals surface area contributed by atoms with E-state index < -0.39 is 16.6 Å². The monoisotopic (exact) mass is 332 g/mol. The topological polar surface area (TPSA) is 97.2 Å². The number of fused-ring (bicyclic) bond motifs is 1. The molecule has 1 aromatic heterocycles. The summed E-state index contributed by atoms with van der Waals surface area (Å²) in [7, 11) is 0. The van der Waals surface area contributed by atoms with Crippen LogP contribution in [0.4, 0.5) is 15.2 Å². The van der Waals surface area contributed by atoms with Gasteiger partial charge in [-0.2, -0.15) is 0 Å². The number of nitro groups is 1. The van der Waals surface area contributed by atoms with Gasteiger partial charge in [-0.15, -0.1) is 0 Å². The van der Waals surface area contributed by atoms with Crippen LogP contribution in [0.5, 0.6) is 0 Å². The lowest BCUT2D eigenvalue weighted by Crippen LogP contribution is -2.29. The van der Waals surface area contributed by atoms with Gasteiger partial charge in [0.05, 0.1) is 20.7 Å². The van der Waals surface area contributed by atoms with Gasteiger partial charge >= 0.3 is 0 Å². The fraction of sp³-hybridized carbons (Fsp3) is 0. The minimum atomic E-state index is -0.645. The summed E-state index contributed by atoms with van der Waals surface area (Å²) in [6, 6.07) is 9.85. The largest absolute Gasteiger partial charge is 0.273 e. The second-order valence-corrected chi connectivity index (χ2v) is 5.52. The first-order chi connectivity index (χ1) is 11.0. The second-order valence-electron chi connectivity index (χ2n) is 4.49. The number of aromatic nitrogens is 1. The van der Waals surface area contributed by atoms with E-state index >= 15 is 0 Å². The number of hydrogen-bond acceptors (Lipinski definition) is 6. The van der Waals surface area contributed by atoms with Gasteiger partial charge < -0.3 is 0 Å². The van der Waals surface area contributed by atoms with E-state index in [1.165, 1.54) is 36.4 Å². The Kier molecular flexibility index (Phi) is 3.85. The molecule has 0 atom stereocenters. The van der Waals surface area contributed by atoms with E-state index in [1.807, 2.05) is 0 Å². The van der Waals surface area contributed by atoms with Crippen LogP contribution in [0.25, 0.3) is 10.2 Å². The van der Waals surface area contributed by atoms with Crippen LogP contribution in [-0.4, -0.2) is 15.8 Å². The first kappa shape index (κ1) is 14.9. The summed E-state index contributed by atoms with van der Waals surface area (Å²) in [6.45, 7) is 0. The number of non-ortho nitro benzene ring substituents is 1. The lowest BCUT2D eigenvalue weighted by atomic mass is 10.2. The number of halogens is 1. The lowest BCUT2D eigenvalue weighted by Gasteiger charge is -2.05. The van der Waals surface area contributed by atoms with Crippen LogP contribution in [0.3, 0.4) is 0 Å². The van der Waals surface area contributed by atoms with Gasteiger partial charge in [-0.05, 0) is 18.2 Å². The van der Waals surface area contributed by atoms with Crippen molar-refractivity contribution < 1.29 is 14.1 Å². The third-order valence-electron chi connectivity index (χ3n) is 2.98. The first-order valence-corrected chi connectivity index (χ1v) is 7.22. The zero-order chi connectivity index (χ0) is 16.4. The molecule has 1 amide bonds. The molecule has 116 valence electrons. The molecule has 0 radical (unpaired) electrons. The third kappa shape index (κ3) is 3.09. The Hall–Kier alpha value is -3.07. The number of thiazole rings is 1. The molecule has 0 aliphatic rings. The molecule has 0 aliphatic carbocycles. The van der Waals surface area contributed by atoms with Crippen molar-refractivity contribution in [2.24, 2.45) is 0 Å². The van der Waals surface area contributed by atoms with E-state index in [4.69, 9.17) is 0 Å². The molecule has 23 heavy (non-hydrogen) atoms. The number of hydrogen-bond donors (Lipinski definition) is 2. The number of rotatable bonds is 4. The molecule has 0 spiro atoms. The Morgan fingerprint density at radius 3 is 2.78 bits per heavy atom. The van der Waals surface area contributed by atoms with Gasteiger partial charge in [0.1, 0.15) is 5.82 Å². The molecule has 3 rings (SSSR count). The number of nitro benzene ring substituents is 1. The molecule has 3 aromatic rings. The predicted molar refractivity (Wildman–Crippen MR) is 83.8 cm³/mol. The van der Waals surface area contributed by atoms with Crippen molar-refractivity contribution in [2.75, 3.05) is 5.43 Å². The van der Waals surface area contributed by atoms with Crippen molar-refractivity contribution >= 4 is 38.3 Å². The summed E-state index contributed by atoms with van der Waals surface area (Å²) in [5.41, 5.74) is 5.34. The van der Waals surface area contributed by atoms with Gasteiger partial charge in [-0.25, -0.2) is 9.37 Å². The molecule has 7 nitrogen and oxygen atoms in total. The van der Waals surface area contributed by atoms with Crippen molar-refractivity contribution in [1.29, 1.82) is 0 Å². The number of benzene rings is 2. The van der Waals surface area contributed by atoms with E-state index in [0.717, 1.165) is 11.3 Å². The maximum Gasteiger partial charge on any atom is 0.272 e. The lowest BCUT2D eigenvalue weighted by molar-refractivity contribution is -0.384. The van der Waals surface area contributed by atoms with Crippen LogP contribution >= 0.6 is 11.3 Å². The van der Waals surface area contributed by atoms with Crippen LogP contribution in [0.2, 0.25) is 0 Å². The molecule has 2 N–H and O–H groups in total. The van der Waals surface area contributed by atoms with Gasteiger partial charge in [-0.1, -0.05) is 23.5 Å². The number of nitrogens with one attached hydrogen (secondary N) is 2. The summed E-state index contributed by atoms with van der Waals surface area (Å²) < 4.78 is 14.1. The molecule has 0 unspecified atom stereocenters. The van der Waals surface area contributed by atoms with Crippen LogP contribution in [0.15, 0.2) is 42.5 Å². The van der Waals surface area contributed by atoms with Gasteiger partial charge in [0.15, 0.2) is 0 Å². The Morgan fingerprint density at radius 1 is 1.26 bits per heavy atom. The minimum Gasteiger partial charge on any atom is -0.273 e. The summed E-state index contributed by atoms with van der Waals surface area (Å²) in [4.78, 5) is 26.3. The van der Waals surface area contributed by atoms with E-state index in [-0.39, 0.29) is 11.3 Å². The fourth-order valence-corrected chi connectivity index (χ4v) is 2.76. The van der Waals surface area contributed by atoms with Crippen LogP contribution in [0, 0.1) is 15.9 Å². The SMILES string of the molecule is O=C(NNc1nc2ccc([N+](=O)[O-])cc2s1)c1ccccc1F. The molecule has 0 bridgehead atoms. The van der Waals surface area contributed by atoms with Crippen LogP contribution < -0.4 is 10.9 Å². The third-order valence-corrected chi connectivity index (χ3v) is 3.92. The zero-order valence-corrected chi connectivity index (χ0v) is 12.3. The first-order valence-electron chi connectivity index (χ1n) is 6.40. The summed E-state index contributed by atoms with van der Waals surface area (Å²) in [5, 5.41) is 11.1. The maximum atomic E-state index is 13.5. The fourth-order valence-electron chi connectivity index (χ4n) is 1.90. The standard InChI is InChI=1S/C14H9FN4O3S/c15-10-4-2-1-3-9(10)13(20)17-18-14-16-11-6-5-8(19(21)22)7-12(11)23-14/h1-7H,(H,16,18)(H,17,20). The molecule has 1 heterocycles. The van der Waals surface area contributed by atoms with E-state index in [0.29, 0.717) is 15.3 Å². The van der Waals surface area contributed by atoms with Crippen molar-refractivity contribution in [3.8, 4) is 0 Å². The van der Waals surface area contributed by atoms with E-state index in [9.17, 15) is 19.3 Å². The van der Waals surface area contributed by atoms with Gasteiger partial charge in [0, 0.05) is 12.1 Å². The van der Waals surface area contributed by atoms with Gasteiger partial charge in [-0.3, -0.25) is 25.8 Å². The Balaban J connectivity index is 1.76. The molecule has 2 aromatic carbocycles. The average Bonchev–Trinajstić information content (AvgIpc) is 2.95. The van der Waals surface area contributed by atoms with Crippen LogP contribution in [0.1, 0.15) is 10.4 Å². The summed E-state index contributed by atoms with van der Waals surface area (Å²) in [6.07, 6.45) is 0. The maximum absolute atomic E-state index is 13.5. The highest BCUT2D eigenvalue weighted by molar-refractivity contribution is 7.22. The quantitative estimate of drug-likeness (QED) is 0.565. The number of hydrazine groups is 1. The number of amides is 1. The van der Waals surface area contributed by atoms with Crippen molar-refractivity contribution in [2.45, 2.75) is 0 Å². The number of nitrogens with zero attached hydrogens (tertiary/aromatic N) is 2. The molecule has 0 saturated carbocycles. The van der Waals surface area contributed by atoms with Crippen molar-refractivity contribution in [3.63, 3.8) is 0 Å². The highest BCUT2D eigenvalue weighted by Gasteiger charge is 2.13. The molecule has 0 fully saturated rings. The number of carbonyl (C=O) groups is 1. The summed E-state index contributed by atoms with van der Waals surface area (Å²) >= 11 is 1.14. The highest BCUT2D eigenvalue weighted by Crippen LogP contribution is 2.28. The molecular formula is C14H9FN4O3S. The molecule has 9 heteroatoms. The highest BCUT2D eigenvalue weighted by atomic mass is 32.1. The smallest absolute Gasteiger partial charge is 0.272 e. The molecular weight excluding hydrogens is 323 g/mol. The minimum absolute atomic E-state index is 0.0388. The molecule has 0 aliphatic heterocycles. The predicted octanol–water partition coefficient (Wildman–Crippen LogP) is 3.10. The second kappa shape index (κ2) is 5.97. The molecule has 0 saturated heterocycles. The van der Waals surface area contributed by atoms with E-state index in [1.54, 1.807) is 6.07 Å². The number of anilines is 1. The van der Waals surface area contributed by atoms with Crippen LogP contribution in [-0.2, 0) is 0 Å². The average molecular weight is 332 g/mol. The van der Waals surface area contributed by atoms with Crippen molar-refractivity contribution in [3.05, 3.63) is 64.0 Å². The number of carbonyl (C=O) groups excluding carboxylic acids is 1. The Bertz CT molecular complexity index is 912. The normalized spacial score (nSPS) is 10.5. The Morgan fingerprint density at radius 2 is 2.04 bits per heavy atom. The van der Waals surface area contributed by atoms with Crippen molar-refractivity contribution in [1.82, 2.24) is 10.4 Å². The summed E-state index contributed by atoms with van der Waals surface area (Å²) in [5.74, 6) is -1.28. The van der Waals surface area contributed by atoms with E-state index in [2.05, 4.69) is 15.8 Å². The zero-order valence-electron chi connectivity index (χ0n) is 11.4. The van der Waals surface area contributed by atoms with Gasteiger partial charge in [0.25, 0.3) is 11.6 Å². The van der Waals surface area contributed by atoms with Gasteiger partial charge in [0.2, 0.25) is 5.13 Å². The Labute approximate surface area is 132 Å².